The molecule has 0 bridgehead atoms. The molecule has 1 aromatic carbocycles. The molecule has 0 aromatic heterocycles. The minimum atomic E-state index is 0.476. The van der Waals surface area contributed by atoms with E-state index < -0.39 is 0 Å². The second-order valence-corrected chi connectivity index (χ2v) is 3.59. The fraction of sp³-hybridized carbons (Fsp3) is 0.455. The molecule has 1 aromatic rings. The van der Waals surface area contributed by atoms with Crippen molar-refractivity contribution in [1.82, 2.24) is 5.32 Å². The summed E-state index contributed by atoms with van der Waals surface area (Å²) in [4.78, 5) is 0. The monoisotopic (exact) mass is 213 g/mol. The average molecular weight is 214 g/mol. The Bertz CT molecular complexity index is 289. The highest BCUT2D eigenvalue weighted by Crippen LogP contribution is 2.24. The molecule has 0 heterocycles. The number of alkyl halides is 1. The molecule has 0 unspecified atom stereocenters. The molecule has 0 fully saturated rings. The third-order valence-electron chi connectivity index (χ3n) is 2.15. The van der Waals surface area contributed by atoms with Crippen LogP contribution >= 0.6 is 11.6 Å². The zero-order valence-electron chi connectivity index (χ0n) is 8.86. The summed E-state index contributed by atoms with van der Waals surface area (Å²) in [5.74, 6) is 0.972. The van der Waals surface area contributed by atoms with Crippen molar-refractivity contribution in [2.75, 3.05) is 13.1 Å². The van der Waals surface area contributed by atoms with E-state index in [9.17, 15) is 0 Å². The number of hydrogen-bond donors (Lipinski definition) is 1. The lowest BCUT2D eigenvalue weighted by atomic mass is 10.1. The third-order valence-corrected chi connectivity index (χ3v) is 2.34. The predicted octanol–water partition coefficient (Wildman–Crippen LogP) is 2.60. The van der Waals surface area contributed by atoms with Gasteiger partial charge in [0.15, 0.2) is 0 Å². The molecule has 0 saturated heterocycles. The Morgan fingerprint density at radius 2 is 1.86 bits per heavy atom. The van der Waals surface area contributed by atoms with Crippen LogP contribution in [0.1, 0.15) is 16.7 Å². The Hall–Kier alpha value is -0.730. The molecular formula is C11H16ClNO. The predicted molar refractivity (Wildman–Crippen MR) is 60.0 cm³/mol. The van der Waals surface area contributed by atoms with Crippen molar-refractivity contribution >= 4 is 11.6 Å². The number of aryl methyl sites for hydroxylation is 2. The number of rotatable bonds is 4. The van der Waals surface area contributed by atoms with E-state index in [1.54, 1.807) is 7.11 Å². The minimum Gasteiger partial charge on any atom is -0.496 e. The number of hydrogen-bond acceptors (Lipinski definition) is 2. The van der Waals surface area contributed by atoms with Crippen LogP contribution in [0.15, 0.2) is 12.1 Å². The SMILES string of the molecule is COc1c(C)cc(CNCCl)cc1C. The normalized spacial score (nSPS) is 10.3. The first kappa shape index (κ1) is 11.3. The first-order valence-corrected chi connectivity index (χ1v) is 5.13. The highest BCUT2D eigenvalue weighted by Gasteiger charge is 2.04. The maximum Gasteiger partial charge on any atom is 0.124 e. The maximum absolute atomic E-state index is 5.55. The molecule has 0 radical (unpaired) electrons. The molecule has 1 N–H and O–H groups in total. The Morgan fingerprint density at radius 3 is 2.29 bits per heavy atom. The molecule has 3 heteroatoms. The van der Waals surface area contributed by atoms with E-state index in [2.05, 4.69) is 31.3 Å². The van der Waals surface area contributed by atoms with E-state index in [0.29, 0.717) is 6.00 Å². The number of benzene rings is 1. The molecule has 78 valence electrons. The van der Waals surface area contributed by atoms with Gasteiger partial charge >= 0.3 is 0 Å². The van der Waals surface area contributed by atoms with Gasteiger partial charge in [0, 0.05) is 6.54 Å². The Morgan fingerprint density at radius 1 is 1.29 bits per heavy atom. The smallest absolute Gasteiger partial charge is 0.124 e. The van der Waals surface area contributed by atoms with Crippen molar-refractivity contribution in [1.29, 1.82) is 0 Å². The topological polar surface area (TPSA) is 21.3 Å². The summed E-state index contributed by atoms with van der Waals surface area (Å²) < 4.78 is 5.29. The number of methoxy groups -OCH3 is 1. The second-order valence-electron chi connectivity index (χ2n) is 3.32. The fourth-order valence-corrected chi connectivity index (χ4v) is 1.75. The van der Waals surface area contributed by atoms with Gasteiger partial charge in [0.05, 0.1) is 13.1 Å². The third kappa shape index (κ3) is 2.63. The van der Waals surface area contributed by atoms with E-state index in [4.69, 9.17) is 16.3 Å². The summed E-state index contributed by atoms with van der Waals surface area (Å²) in [6, 6.07) is 4.71. The Kier molecular flexibility index (Phi) is 4.23. The van der Waals surface area contributed by atoms with Gasteiger partial charge in [-0.2, -0.15) is 0 Å². The zero-order chi connectivity index (χ0) is 10.6. The Labute approximate surface area is 90.2 Å². The van der Waals surface area contributed by atoms with Crippen molar-refractivity contribution in [2.45, 2.75) is 20.4 Å². The lowest BCUT2D eigenvalue weighted by Crippen LogP contribution is -2.10. The largest absolute Gasteiger partial charge is 0.496 e. The van der Waals surface area contributed by atoms with Gasteiger partial charge in [0.2, 0.25) is 0 Å². The van der Waals surface area contributed by atoms with Crippen molar-refractivity contribution < 1.29 is 4.74 Å². The molecule has 1 rings (SSSR count). The summed E-state index contributed by atoms with van der Waals surface area (Å²) in [6.45, 7) is 4.90. The van der Waals surface area contributed by atoms with Crippen LogP contribution in [0.25, 0.3) is 0 Å². The lowest BCUT2D eigenvalue weighted by Gasteiger charge is -2.11. The molecule has 0 saturated carbocycles. The van der Waals surface area contributed by atoms with Gasteiger partial charge in [-0.15, -0.1) is 11.6 Å². The summed E-state index contributed by atoms with van der Waals surface area (Å²) in [7, 11) is 1.70. The van der Waals surface area contributed by atoms with E-state index in [1.807, 2.05) is 0 Å². The van der Waals surface area contributed by atoms with Crippen LogP contribution in [0.3, 0.4) is 0 Å². The number of halogens is 1. The molecule has 0 spiro atoms. The van der Waals surface area contributed by atoms with Crippen molar-refractivity contribution in [2.24, 2.45) is 0 Å². The second kappa shape index (κ2) is 5.23. The van der Waals surface area contributed by atoms with E-state index >= 15 is 0 Å². The minimum absolute atomic E-state index is 0.476. The molecule has 0 amide bonds. The van der Waals surface area contributed by atoms with Gasteiger partial charge in [-0.3, -0.25) is 5.32 Å². The van der Waals surface area contributed by atoms with Gasteiger partial charge in [-0.05, 0) is 30.5 Å². The first-order chi connectivity index (χ1) is 6.69. The summed E-state index contributed by atoms with van der Waals surface area (Å²) in [5, 5.41) is 3.08. The van der Waals surface area contributed by atoms with Gasteiger partial charge in [-0.25, -0.2) is 0 Å². The van der Waals surface area contributed by atoms with Crippen LogP contribution in [0, 0.1) is 13.8 Å². The van der Waals surface area contributed by atoms with Crippen LogP contribution in [-0.2, 0) is 6.54 Å². The highest BCUT2D eigenvalue weighted by molar-refractivity contribution is 6.17. The first-order valence-electron chi connectivity index (χ1n) is 4.59. The van der Waals surface area contributed by atoms with Crippen molar-refractivity contribution in [3.05, 3.63) is 28.8 Å². The fourth-order valence-electron chi connectivity index (χ4n) is 1.66. The van der Waals surface area contributed by atoms with Gasteiger partial charge in [-0.1, -0.05) is 12.1 Å². The summed E-state index contributed by atoms with van der Waals surface area (Å²) in [5.41, 5.74) is 3.57. The van der Waals surface area contributed by atoms with Gasteiger partial charge in [0.1, 0.15) is 5.75 Å². The lowest BCUT2D eigenvalue weighted by molar-refractivity contribution is 0.408. The van der Waals surface area contributed by atoms with Crippen LogP contribution in [-0.4, -0.2) is 13.1 Å². The van der Waals surface area contributed by atoms with Gasteiger partial charge in [0.25, 0.3) is 0 Å². The number of nitrogens with one attached hydrogen (secondary N) is 1. The maximum atomic E-state index is 5.55. The highest BCUT2D eigenvalue weighted by atomic mass is 35.5. The van der Waals surface area contributed by atoms with E-state index in [1.165, 1.54) is 16.7 Å². The van der Waals surface area contributed by atoms with E-state index in [-0.39, 0.29) is 0 Å². The van der Waals surface area contributed by atoms with Crippen LogP contribution in [0.2, 0.25) is 0 Å². The van der Waals surface area contributed by atoms with Crippen molar-refractivity contribution in [3.63, 3.8) is 0 Å². The average Bonchev–Trinajstić information content (AvgIpc) is 2.14. The van der Waals surface area contributed by atoms with Crippen LogP contribution in [0.4, 0.5) is 0 Å². The molecular weight excluding hydrogens is 198 g/mol. The van der Waals surface area contributed by atoms with Gasteiger partial charge < -0.3 is 4.74 Å². The Balaban J connectivity index is 2.90. The summed E-state index contributed by atoms with van der Waals surface area (Å²) in [6.07, 6.45) is 0. The standard InChI is InChI=1S/C11H16ClNO/c1-8-4-10(6-13-7-12)5-9(2)11(8)14-3/h4-5,13H,6-7H2,1-3H3. The van der Waals surface area contributed by atoms with Crippen LogP contribution in [0.5, 0.6) is 5.75 Å². The molecule has 0 atom stereocenters. The van der Waals surface area contributed by atoms with Crippen molar-refractivity contribution in [3.8, 4) is 5.75 Å². The van der Waals surface area contributed by atoms with Crippen LogP contribution < -0.4 is 10.1 Å². The molecule has 0 aliphatic heterocycles. The molecule has 0 aliphatic carbocycles. The quantitative estimate of drug-likeness (QED) is 0.613. The van der Waals surface area contributed by atoms with E-state index in [0.717, 1.165) is 12.3 Å². The molecule has 2 nitrogen and oxygen atoms in total. The summed E-state index contributed by atoms with van der Waals surface area (Å²) >= 11 is 5.55. The molecule has 0 aliphatic rings. The molecule has 14 heavy (non-hydrogen) atoms. The number of ether oxygens (including phenoxy) is 1. The zero-order valence-corrected chi connectivity index (χ0v) is 9.61.